The first-order valence-electron chi connectivity index (χ1n) is 9.00. The Morgan fingerprint density at radius 3 is 2.85 bits per heavy atom. The molecule has 2 heterocycles. The topological polar surface area (TPSA) is 61.8 Å². The van der Waals surface area contributed by atoms with Gasteiger partial charge in [0, 0.05) is 23.4 Å². The maximum Gasteiger partial charge on any atom is 0.259 e. The summed E-state index contributed by atoms with van der Waals surface area (Å²) in [6.07, 6.45) is 3.33. The summed E-state index contributed by atoms with van der Waals surface area (Å²) in [5.41, 5.74) is 3.70. The van der Waals surface area contributed by atoms with E-state index in [1.807, 2.05) is 12.1 Å². The molecule has 1 N–H and O–H groups in total. The van der Waals surface area contributed by atoms with Gasteiger partial charge in [0.2, 0.25) is 5.91 Å². The highest BCUT2D eigenvalue weighted by molar-refractivity contribution is 7.17. The molecule has 0 bridgehead atoms. The van der Waals surface area contributed by atoms with Crippen LogP contribution in [-0.4, -0.2) is 35.5 Å². The van der Waals surface area contributed by atoms with Gasteiger partial charge in [0.15, 0.2) is 0 Å². The first kappa shape index (κ1) is 19.2. The second kappa shape index (κ2) is 8.90. The number of nitrogens with zero attached hydrogens (tertiary/aromatic N) is 2. The Labute approximate surface area is 161 Å². The molecule has 142 valence electrons. The molecule has 0 atom stereocenters. The van der Waals surface area contributed by atoms with E-state index in [-0.39, 0.29) is 24.2 Å². The molecular weight excluding hydrogens is 365 g/mol. The second-order valence-corrected chi connectivity index (χ2v) is 7.59. The number of halogens is 1. The van der Waals surface area contributed by atoms with Gasteiger partial charge in [-0.25, -0.2) is 9.82 Å². The molecular formula is C20H22FN3O2S. The molecule has 0 spiro atoms. The van der Waals surface area contributed by atoms with Crippen molar-refractivity contribution in [3.63, 3.8) is 0 Å². The molecule has 0 unspecified atom stereocenters. The van der Waals surface area contributed by atoms with E-state index in [0.29, 0.717) is 24.2 Å². The van der Waals surface area contributed by atoms with Crippen molar-refractivity contribution in [2.75, 3.05) is 13.1 Å². The molecule has 1 aliphatic rings. The van der Waals surface area contributed by atoms with E-state index in [2.05, 4.69) is 10.5 Å². The smallest absolute Gasteiger partial charge is 0.259 e. The van der Waals surface area contributed by atoms with E-state index in [0.717, 1.165) is 29.0 Å². The third-order valence-electron chi connectivity index (χ3n) is 4.46. The van der Waals surface area contributed by atoms with Gasteiger partial charge in [-0.2, -0.15) is 5.10 Å². The fraction of sp³-hybridized carbons (Fsp3) is 0.350. The highest BCUT2D eigenvalue weighted by Gasteiger charge is 2.19. The molecule has 1 saturated heterocycles. The molecule has 7 heteroatoms. The zero-order chi connectivity index (χ0) is 19.2. The lowest BCUT2D eigenvalue weighted by molar-refractivity contribution is -0.135. The zero-order valence-electron chi connectivity index (χ0n) is 15.2. The number of thiophene rings is 1. The van der Waals surface area contributed by atoms with Gasteiger partial charge in [-0.15, -0.1) is 11.3 Å². The Morgan fingerprint density at radius 2 is 2.04 bits per heavy atom. The van der Waals surface area contributed by atoms with Crippen molar-refractivity contribution < 1.29 is 14.0 Å². The van der Waals surface area contributed by atoms with Crippen LogP contribution in [0.3, 0.4) is 0 Å². The molecule has 0 saturated carbocycles. The van der Waals surface area contributed by atoms with Gasteiger partial charge >= 0.3 is 0 Å². The van der Waals surface area contributed by atoms with Crippen molar-refractivity contribution in [3.8, 4) is 10.4 Å². The van der Waals surface area contributed by atoms with Gasteiger partial charge in [0.1, 0.15) is 12.4 Å². The number of benzene rings is 1. The van der Waals surface area contributed by atoms with E-state index in [9.17, 15) is 14.0 Å². The molecule has 1 aromatic heterocycles. The molecule has 1 fully saturated rings. The predicted molar refractivity (Wildman–Crippen MR) is 105 cm³/mol. The summed E-state index contributed by atoms with van der Waals surface area (Å²) >= 11 is 1.41. The van der Waals surface area contributed by atoms with E-state index in [4.69, 9.17) is 0 Å². The fourth-order valence-corrected chi connectivity index (χ4v) is 3.93. The summed E-state index contributed by atoms with van der Waals surface area (Å²) in [6.45, 7) is 2.43. The van der Waals surface area contributed by atoms with Crippen molar-refractivity contribution in [2.45, 2.75) is 32.6 Å². The SMILES string of the molecule is CC(=NNC(=O)CN1CCCCCC1=O)c1ccc(-c2ccccc2F)s1. The van der Waals surface area contributed by atoms with Gasteiger partial charge in [0.25, 0.3) is 5.91 Å². The van der Waals surface area contributed by atoms with Crippen molar-refractivity contribution in [3.05, 3.63) is 47.1 Å². The maximum atomic E-state index is 13.9. The van der Waals surface area contributed by atoms with Gasteiger partial charge in [0.05, 0.1) is 10.6 Å². The number of hydrazone groups is 1. The van der Waals surface area contributed by atoms with Crippen LogP contribution in [-0.2, 0) is 9.59 Å². The summed E-state index contributed by atoms with van der Waals surface area (Å²) in [4.78, 5) is 27.3. The van der Waals surface area contributed by atoms with Crippen molar-refractivity contribution >= 4 is 28.9 Å². The Morgan fingerprint density at radius 1 is 1.22 bits per heavy atom. The molecule has 1 aliphatic heterocycles. The standard InChI is InChI=1S/C20H22FN3O2S/c1-14(17-10-11-18(27-17)15-7-4-5-8-16(15)21)22-23-19(25)13-24-12-6-2-3-9-20(24)26/h4-5,7-8,10-11H,2-3,6,9,12-13H2,1H3,(H,23,25). The number of likely N-dealkylation sites (tertiary alicyclic amines) is 1. The summed E-state index contributed by atoms with van der Waals surface area (Å²) in [5.74, 6) is -0.553. The van der Waals surface area contributed by atoms with Crippen LogP contribution in [0.1, 0.15) is 37.5 Å². The number of amides is 2. The van der Waals surface area contributed by atoms with Crippen LogP contribution in [0, 0.1) is 5.82 Å². The average molecular weight is 387 g/mol. The van der Waals surface area contributed by atoms with E-state index in [1.54, 1.807) is 30.0 Å². The molecule has 5 nitrogen and oxygen atoms in total. The average Bonchev–Trinajstić information content (AvgIpc) is 3.06. The molecule has 1 aromatic carbocycles. The van der Waals surface area contributed by atoms with E-state index in [1.165, 1.54) is 17.4 Å². The normalized spacial score (nSPS) is 15.6. The Bertz CT molecular complexity index is 862. The number of hydrogen-bond donors (Lipinski definition) is 1. The molecule has 0 radical (unpaired) electrons. The Balaban J connectivity index is 1.61. The van der Waals surface area contributed by atoms with Crippen LogP contribution in [0.15, 0.2) is 41.5 Å². The first-order chi connectivity index (χ1) is 13.0. The lowest BCUT2D eigenvalue weighted by Gasteiger charge is -2.18. The van der Waals surface area contributed by atoms with Gasteiger partial charge in [-0.1, -0.05) is 24.6 Å². The van der Waals surface area contributed by atoms with E-state index < -0.39 is 0 Å². The van der Waals surface area contributed by atoms with Crippen LogP contribution in [0.4, 0.5) is 4.39 Å². The quantitative estimate of drug-likeness (QED) is 0.627. The van der Waals surface area contributed by atoms with Gasteiger partial charge in [-0.05, 0) is 38.0 Å². The van der Waals surface area contributed by atoms with Gasteiger partial charge < -0.3 is 4.90 Å². The number of hydrogen-bond acceptors (Lipinski definition) is 4. The third kappa shape index (κ3) is 5.01. The summed E-state index contributed by atoms with van der Waals surface area (Å²) in [6, 6.07) is 10.3. The summed E-state index contributed by atoms with van der Waals surface area (Å²) in [5, 5.41) is 4.13. The molecule has 3 rings (SSSR count). The highest BCUT2D eigenvalue weighted by atomic mass is 32.1. The molecule has 2 aromatic rings. The highest BCUT2D eigenvalue weighted by Crippen LogP contribution is 2.30. The van der Waals surface area contributed by atoms with E-state index >= 15 is 0 Å². The van der Waals surface area contributed by atoms with Gasteiger partial charge in [-0.3, -0.25) is 9.59 Å². The third-order valence-corrected chi connectivity index (χ3v) is 5.68. The molecule has 0 aliphatic carbocycles. The van der Waals surface area contributed by atoms with Crippen LogP contribution in [0.25, 0.3) is 10.4 Å². The van der Waals surface area contributed by atoms with Crippen LogP contribution in [0.5, 0.6) is 0 Å². The Kier molecular flexibility index (Phi) is 6.34. The second-order valence-electron chi connectivity index (χ2n) is 6.50. The minimum atomic E-state index is -0.310. The van der Waals surface area contributed by atoms with Crippen molar-refractivity contribution in [1.29, 1.82) is 0 Å². The first-order valence-corrected chi connectivity index (χ1v) is 9.82. The molecule has 27 heavy (non-hydrogen) atoms. The monoisotopic (exact) mass is 387 g/mol. The minimum Gasteiger partial charge on any atom is -0.333 e. The lowest BCUT2D eigenvalue weighted by Crippen LogP contribution is -2.39. The lowest BCUT2D eigenvalue weighted by atomic mass is 10.2. The minimum absolute atomic E-state index is 0.0242. The van der Waals surface area contributed by atoms with Crippen molar-refractivity contribution in [1.82, 2.24) is 10.3 Å². The van der Waals surface area contributed by atoms with Crippen LogP contribution >= 0.6 is 11.3 Å². The number of nitrogens with one attached hydrogen (secondary N) is 1. The number of rotatable bonds is 5. The predicted octanol–water partition coefficient (Wildman–Crippen LogP) is 3.80. The largest absolute Gasteiger partial charge is 0.333 e. The molecule has 2 amide bonds. The summed E-state index contributed by atoms with van der Waals surface area (Å²) < 4.78 is 13.9. The van der Waals surface area contributed by atoms with Crippen LogP contribution in [0.2, 0.25) is 0 Å². The summed E-state index contributed by atoms with van der Waals surface area (Å²) in [7, 11) is 0. The number of carbonyl (C=O) groups excluding carboxylic acids is 2. The van der Waals surface area contributed by atoms with Crippen molar-refractivity contribution in [2.24, 2.45) is 5.10 Å². The number of carbonyl (C=O) groups is 2. The van der Waals surface area contributed by atoms with Crippen LogP contribution < -0.4 is 5.43 Å². The fourth-order valence-electron chi connectivity index (χ4n) is 2.95. The Hall–Kier alpha value is -2.54. The maximum absolute atomic E-state index is 13.9. The zero-order valence-corrected chi connectivity index (χ0v) is 16.0.